The number of unbranched alkanes of at least 4 members (excludes halogenated alkanes) is 4. The van der Waals surface area contributed by atoms with Gasteiger partial charge in [0.2, 0.25) is 0 Å². The number of carboxylic acids is 1. The third-order valence-electron chi connectivity index (χ3n) is 5.24. The second-order valence-corrected chi connectivity index (χ2v) is 6.82. The molecule has 21 heavy (non-hydrogen) atoms. The standard InChI is InChI=1S/C19H30O2/c1-15-13-14-16-9-7-8-11-18(16)17(15)10-5-3-2-4-6-12-19(20)21/h9,13-15,17-18H,2-8,10-12H2,1H3,(H,20,21)/t15?,17-,18?/m0/s1. The van der Waals surface area contributed by atoms with E-state index in [2.05, 4.69) is 25.2 Å². The summed E-state index contributed by atoms with van der Waals surface area (Å²) in [7, 11) is 0. The molecule has 0 amide bonds. The Kier molecular flexibility index (Phi) is 6.53. The van der Waals surface area contributed by atoms with Crippen molar-refractivity contribution >= 4 is 5.97 Å². The molecule has 3 atom stereocenters. The van der Waals surface area contributed by atoms with E-state index in [-0.39, 0.29) is 0 Å². The highest BCUT2D eigenvalue weighted by Crippen LogP contribution is 2.42. The van der Waals surface area contributed by atoms with Crippen LogP contribution in [0.5, 0.6) is 0 Å². The number of rotatable bonds is 8. The van der Waals surface area contributed by atoms with E-state index in [4.69, 9.17) is 5.11 Å². The van der Waals surface area contributed by atoms with E-state index < -0.39 is 5.97 Å². The predicted octanol–water partition coefficient (Wildman–Crippen LogP) is 5.35. The molecule has 2 rings (SSSR count). The van der Waals surface area contributed by atoms with Gasteiger partial charge in [-0.3, -0.25) is 4.79 Å². The summed E-state index contributed by atoms with van der Waals surface area (Å²) in [5.41, 5.74) is 1.60. The Hall–Kier alpha value is -1.05. The van der Waals surface area contributed by atoms with Gasteiger partial charge in [0, 0.05) is 6.42 Å². The molecule has 0 radical (unpaired) electrons. The minimum Gasteiger partial charge on any atom is -0.481 e. The van der Waals surface area contributed by atoms with Gasteiger partial charge >= 0.3 is 5.97 Å². The number of carboxylic acid groups (broad SMARTS) is 1. The molecule has 2 aliphatic rings. The number of allylic oxidation sites excluding steroid dienone is 4. The summed E-state index contributed by atoms with van der Waals surface area (Å²) in [5.74, 6) is 1.71. The molecular formula is C19H30O2. The second-order valence-electron chi connectivity index (χ2n) is 6.82. The quantitative estimate of drug-likeness (QED) is 0.612. The maximum atomic E-state index is 10.5. The van der Waals surface area contributed by atoms with Crippen molar-refractivity contribution in [2.45, 2.75) is 71.1 Å². The first-order chi connectivity index (χ1) is 10.2. The van der Waals surface area contributed by atoms with Crippen LogP contribution in [0.4, 0.5) is 0 Å². The molecule has 0 aliphatic heterocycles. The zero-order valence-corrected chi connectivity index (χ0v) is 13.4. The van der Waals surface area contributed by atoms with E-state index in [1.807, 2.05) is 0 Å². The minimum absolute atomic E-state index is 0.334. The summed E-state index contributed by atoms with van der Waals surface area (Å²) in [6.07, 6.45) is 18.6. The fourth-order valence-corrected chi connectivity index (χ4v) is 4.00. The van der Waals surface area contributed by atoms with E-state index in [0.29, 0.717) is 6.42 Å². The van der Waals surface area contributed by atoms with Gasteiger partial charge < -0.3 is 5.11 Å². The monoisotopic (exact) mass is 290 g/mol. The van der Waals surface area contributed by atoms with Crippen LogP contribution in [0.25, 0.3) is 0 Å². The fourth-order valence-electron chi connectivity index (χ4n) is 4.00. The van der Waals surface area contributed by atoms with Gasteiger partial charge in [-0.15, -0.1) is 0 Å². The first-order valence-electron chi connectivity index (χ1n) is 8.78. The maximum Gasteiger partial charge on any atom is 0.303 e. The average Bonchev–Trinajstić information content (AvgIpc) is 2.48. The summed E-state index contributed by atoms with van der Waals surface area (Å²) in [6.45, 7) is 2.37. The van der Waals surface area contributed by atoms with Crippen LogP contribution < -0.4 is 0 Å². The average molecular weight is 290 g/mol. The Morgan fingerprint density at radius 3 is 2.81 bits per heavy atom. The lowest BCUT2D eigenvalue weighted by Gasteiger charge is -2.37. The lowest BCUT2D eigenvalue weighted by atomic mass is 9.68. The lowest BCUT2D eigenvalue weighted by molar-refractivity contribution is -0.137. The molecular weight excluding hydrogens is 260 g/mol. The molecule has 0 fully saturated rings. The first kappa shape index (κ1) is 16.3. The predicted molar refractivity (Wildman–Crippen MR) is 87.2 cm³/mol. The Morgan fingerprint density at radius 2 is 2.00 bits per heavy atom. The topological polar surface area (TPSA) is 37.3 Å². The van der Waals surface area contributed by atoms with Crippen molar-refractivity contribution in [3.8, 4) is 0 Å². The van der Waals surface area contributed by atoms with E-state index in [9.17, 15) is 4.79 Å². The molecule has 2 nitrogen and oxygen atoms in total. The first-order valence-corrected chi connectivity index (χ1v) is 8.78. The van der Waals surface area contributed by atoms with E-state index in [1.165, 1.54) is 44.9 Å². The third kappa shape index (κ3) is 5.01. The Labute approximate surface area is 129 Å². The highest BCUT2D eigenvalue weighted by Gasteiger charge is 2.31. The number of aliphatic carboxylic acids is 1. The van der Waals surface area contributed by atoms with Gasteiger partial charge in [-0.05, 0) is 55.4 Å². The highest BCUT2D eigenvalue weighted by molar-refractivity contribution is 5.66. The van der Waals surface area contributed by atoms with Crippen LogP contribution >= 0.6 is 0 Å². The van der Waals surface area contributed by atoms with Crippen molar-refractivity contribution in [3.63, 3.8) is 0 Å². The minimum atomic E-state index is -0.658. The van der Waals surface area contributed by atoms with Crippen LogP contribution in [-0.4, -0.2) is 11.1 Å². The molecule has 0 aromatic heterocycles. The van der Waals surface area contributed by atoms with Crippen molar-refractivity contribution in [1.29, 1.82) is 0 Å². The number of hydrogen-bond donors (Lipinski definition) is 1. The van der Waals surface area contributed by atoms with Gasteiger partial charge in [0.05, 0.1) is 0 Å². The van der Waals surface area contributed by atoms with Gasteiger partial charge in [0.15, 0.2) is 0 Å². The van der Waals surface area contributed by atoms with Gasteiger partial charge in [0.1, 0.15) is 0 Å². The maximum absolute atomic E-state index is 10.5. The molecule has 0 heterocycles. The van der Waals surface area contributed by atoms with Crippen molar-refractivity contribution in [2.75, 3.05) is 0 Å². The zero-order valence-electron chi connectivity index (χ0n) is 13.4. The third-order valence-corrected chi connectivity index (χ3v) is 5.24. The SMILES string of the molecule is CC1C=CC2=CCCCC2[C@H]1CCCCCCCC(=O)O. The van der Waals surface area contributed by atoms with Crippen molar-refractivity contribution in [2.24, 2.45) is 17.8 Å². The van der Waals surface area contributed by atoms with Crippen LogP contribution in [0.15, 0.2) is 23.8 Å². The van der Waals surface area contributed by atoms with Gasteiger partial charge in [-0.1, -0.05) is 50.8 Å². The summed E-state index contributed by atoms with van der Waals surface area (Å²) < 4.78 is 0. The number of fused-ring (bicyclic) bond motifs is 1. The van der Waals surface area contributed by atoms with Crippen LogP contribution in [0, 0.1) is 17.8 Å². The molecule has 0 saturated carbocycles. The molecule has 118 valence electrons. The van der Waals surface area contributed by atoms with E-state index in [1.54, 1.807) is 5.57 Å². The van der Waals surface area contributed by atoms with Gasteiger partial charge in [-0.25, -0.2) is 0 Å². The lowest BCUT2D eigenvalue weighted by Crippen LogP contribution is -2.27. The summed E-state index contributed by atoms with van der Waals surface area (Å²) >= 11 is 0. The van der Waals surface area contributed by atoms with E-state index in [0.717, 1.165) is 30.6 Å². The highest BCUT2D eigenvalue weighted by atomic mass is 16.4. The second kappa shape index (κ2) is 8.41. The van der Waals surface area contributed by atoms with Crippen molar-refractivity contribution in [1.82, 2.24) is 0 Å². The van der Waals surface area contributed by atoms with Crippen molar-refractivity contribution in [3.05, 3.63) is 23.8 Å². The molecule has 0 saturated heterocycles. The van der Waals surface area contributed by atoms with E-state index >= 15 is 0 Å². The van der Waals surface area contributed by atoms with Crippen LogP contribution in [0.1, 0.15) is 71.1 Å². The molecule has 0 bridgehead atoms. The Morgan fingerprint density at radius 1 is 1.24 bits per heavy atom. The zero-order chi connectivity index (χ0) is 15.1. The Balaban J connectivity index is 1.67. The molecule has 0 aromatic rings. The van der Waals surface area contributed by atoms with Crippen LogP contribution in [-0.2, 0) is 4.79 Å². The number of carbonyl (C=O) groups is 1. The smallest absolute Gasteiger partial charge is 0.303 e. The molecule has 0 aromatic carbocycles. The summed E-state index contributed by atoms with van der Waals surface area (Å²) in [4.78, 5) is 10.5. The fraction of sp³-hybridized carbons (Fsp3) is 0.737. The van der Waals surface area contributed by atoms with Crippen LogP contribution in [0.2, 0.25) is 0 Å². The molecule has 2 aliphatic carbocycles. The molecule has 2 heteroatoms. The molecule has 2 unspecified atom stereocenters. The van der Waals surface area contributed by atoms with Crippen molar-refractivity contribution < 1.29 is 9.90 Å². The Bertz CT molecular complexity index is 394. The normalized spacial score (nSPS) is 28.0. The van der Waals surface area contributed by atoms with Gasteiger partial charge in [-0.2, -0.15) is 0 Å². The molecule has 1 N–H and O–H groups in total. The summed E-state index contributed by atoms with van der Waals surface area (Å²) in [5, 5.41) is 8.61. The van der Waals surface area contributed by atoms with Gasteiger partial charge in [0.25, 0.3) is 0 Å². The molecule has 0 spiro atoms. The number of hydrogen-bond acceptors (Lipinski definition) is 1. The summed E-state index contributed by atoms with van der Waals surface area (Å²) in [6, 6.07) is 0. The largest absolute Gasteiger partial charge is 0.481 e. The van der Waals surface area contributed by atoms with Crippen LogP contribution in [0.3, 0.4) is 0 Å².